The molecule has 0 saturated carbocycles. The summed E-state index contributed by atoms with van der Waals surface area (Å²) in [5.41, 5.74) is 2.32. The quantitative estimate of drug-likeness (QED) is 0.383. The predicted molar refractivity (Wildman–Crippen MR) is 113 cm³/mol. The van der Waals surface area contributed by atoms with Crippen molar-refractivity contribution in [3.05, 3.63) is 65.7 Å². The van der Waals surface area contributed by atoms with Crippen LogP contribution in [0.1, 0.15) is 24.2 Å². The summed E-state index contributed by atoms with van der Waals surface area (Å²) in [4.78, 5) is 8.98. The largest absolute Gasteiger partial charge is 0.230 e. The summed E-state index contributed by atoms with van der Waals surface area (Å²) >= 11 is 4.43. The van der Waals surface area contributed by atoms with E-state index in [1.54, 1.807) is 29.6 Å². The van der Waals surface area contributed by atoms with Gasteiger partial charge in [-0.1, -0.05) is 49.4 Å². The summed E-state index contributed by atoms with van der Waals surface area (Å²) in [6.07, 6.45) is 3.97. The lowest BCUT2D eigenvalue weighted by atomic mass is 9.96. The number of aliphatic imine (C=N–C) groups is 1. The van der Waals surface area contributed by atoms with Crippen LogP contribution in [0, 0.1) is 5.82 Å². The summed E-state index contributed by atoms with van der Waals surface area (Å²) in [6.45, 7) is 1.98. The third kappa shape index (κ3) is 4.34. The van der Waals surface area contributed by atoms with E-state index >= 15 is 0 Å². The van der Waals surface area contributed by atoms with Gasteiger partial charge in [0.25, 0.3) is 0 Å². The second kappa shape index (κ2) is 8.79. The average Bonchev–Trinajstić information content (AvgIpc) is 3.14. The maximum atomic E-state index is 14.6. The van der Waals surface area contributed by atoms with Crippen LogP contribution < -0.4 is 0 Å². The molecule has 0 N–H and O–H groups in total. The number of benzene rings is 2. The molecule has 0 saturated heterocycles. The SMILES string of the molecule is CSC(=Nc1nc(C(C)c2ccc(-c3ccccc3)c(F)c2)ns1)SC. The number of hydrogen-bond donors (Lipinski definition) is 0. The number of rotatable bonds is 4. The van der Waals surface area contributed by atoms with Gasteiger partial charge in [-0.05, 0) is 29.7 Å². The summed E-state index contributed by atoms with van der Waals surface area (Å²) < 4.78 is 20.0. The molecule has 7 heteroatoms. The fourth-order valence-electron chi connectivity index (χ4n) is 2.50. The molecular weight excluding hydrogens is 385 g/mol. The fourth-order valence-corrected chi connectivity index (χ4v) is 4.28. The lowest BCUT2D eigenvalue weighted by molar-refractivity contribution is 0.627. The Kier molecular flexibility index (Phi) is 6.45. The van der Waals surface area contributed by atoms with E-state index in [0.29, 0.717) is 16.5 Å². The zero-order valence-electron chi connectivity index (χ0n) is 14.6. The minimum absolute atomic E-state index is 0.0958. The van der Waals surface area contributed by atoms with Crippen molar-refractivity contribution in [3.63, 3.8) is 0 Å². The Morgan fingerprint density at radius 3 is 2.50 bits per heavy atom. The number of nitrogens with zero attached hydrogens (tertiary/aromatic N) is 3. The third-order valence-electron chi connectivity index (χ3n) is 3.93. The summed E-state index contributed by atoms with van der Waals surface area (Å²) in [7, 11) is 0. The van der Waals surface area contributed by atoms with Gasteiger partial charge in [-0.25, -0.2) is 14.4 Å². The highest BCUT2D eigenvalue weighted by molar-refractivity contribution is 8.38. The molecule has 0 amide bonds. The Morgan fingerprint density at radius 1 is 1.12 bits per heavy atom. The topological polar surface area (TPSA) is 38.1 Å². The fraction of sp³-hybridized carbons (Fsp3) is 0.211. The molecule has 1 atom stereocenters. The van der Waals surface area contributed by atoms with Crippen molar-refractivity contribution < 1.29 is 4.39 Å². The van der Waals surface area contributed by atoms with Crippen molar-refractivity contribution in [1.82, 2.24) is 9.36 Å². The molecule has 3 rings (SSSR count). The van der Waals surface area contributed by atoms with Crippen molar-refractivity contribution >= 4 is 44.6 Å². The van der Waals surface area contributed by atoms with Gasteiger partial charge in [-0.3, -0.25) is 0 Å². The van der Waals surface area contributed by atoms with Crippen LogP contribution >= 0.6 is 35.1 Å². The Bertz CT molecular complexity index is 903. The molecule has 26 heavy (non-hydrogen) atoms. The molecule has 0 fully saturated rings. The highest BCUT2D eigenvalue weighted by atomic mass is 32.2. The van der Waals surface area contributed by atoms with Crippen LogP contribution in [0.25, 0.3) is 11.1 Å². The lowest BCUT2D eigenvalue weighted by Gasteiger charge is -2.10. The minimum atomic E-state index is -0.235. The average molecular weight is 404 g/mol. The molecule has 0 aliphatic heterocycles. The van der Waals surface area contributed by atoms with E-state index in [1.807, 2.05) is 61.9 Å². The van der Waals surface area contributed by atoms with Gasteiger partial charge in [0.15, 0.2) is 5.82 Å². The Labute approximate surface area is 165 Å². The first-order chi connectivity index (χ1) is 12.6. The van der Waals surface area contributed by atoms with Gasteiger partial charge < -0.3 is 0 Å². The van der Waals surface area contributed by atoms with Crippen molar-refractivity contribution in [1.29, 1.82) is 0 Å². The van der Waals surface area contributed by atoms with Gasteiger partial charge in [-0.2, -0.15) is 4.37 Å². The predicted octanol–water partition coefficient (Wildman–Crippen LogP) is 6.21. The summed E-state index contributed by atoms with van der Waals surface area (Å²) in [6, 6.07) is 14.9. The van der Waals surface area contributed by atoms with Crippen molar-refractivity contribution in [2.75, 3.05) is 12.5 Å². The van der Waals surface area contributed by atoms with Crippen LogP contribution in [0.4, 0.5) is 9.52 Å². The van der Waals surface area contributed by atoms with E-state index in [0.717, 1.165) is 15.5 Å². The highest BCUT2D eigenvalue weighted by Crippen LogP contribution is 2.30. The molecule has 0 aliphatic carbocycles. The maximum absolute atomic E-state index is 14.6. The molecule has 1 aromatic heterocycles. The van der Waals surface area contributed by atoms with Gasteiger partial charge in [0.05, 0.1) is 0 Å². The molecule has 3 aromatic rings. The van der Waals surface area contributed by atoms with E-state index in [-0.39, 0.29) is 11.7 Å². The second-order valence-corrected chi connectivity index (χ2v) is 8.13. The molecular formula is C19H18FN3S3. The third-order valence-corrected chi connectivity index (χ3v) is 6.44. The van der Waals surface area contributed by atoms with E-state index in [1.165, 1.54) is 11.5 Å². The van der Waals surface area contributed by atoms with Gasteiger partial charge in [0.2, 0.25) is 5.13 Å². The minimum Gasteiger partial charge on any atom is -0.206 e. The number of halogens is 1. The van der Waals surface area contributed by atoms with Crippen LogP contribution in [-0.2, 0) is 0 Å². The molecule has 0 spiro atoms. The van der Waals surface area contributed by atoms with Crippen LogP contribution in [0.5, 0.6) is 0 Å². The van der Waals surface area contributed by atoms with Crippen LogP contribution in [0.3, 0.4) is 0 Å². The summed E-state index contributed by atoms with van der Waals surface area (Å²) in [5, 5.41) is 0.631. The first kappa shape index (κ1) is 19.1. The molecule has 0 aliphatic rings. The normalized spacial score (nSPS) is 12.0. The van der Waals surface area contributed by atoms with Gasteiger partial charge in [-0.15, -0.1) is 23.5 Å². The zero-order chi connectivity index (χ0) is 18.5. The van der Waals surface area contributed by atoms with E-state index in [4.69, 9.17) is 0 Å². The molecule has 0 radical (unpaired) electrons. The Hall–Kier alpha value is -1.70. The van der Waals surface area contributed by atoms with Gasteiger partial charge in [0.1, 0.15) is 10.2 Å². The van der Waals surface area contributed by atoms with Crippen LogP contribution in [-0.4, -0.2) is 26.2 Å². The highest BCUT2D eigenvalue weighted by Gasteiger charge is 2.16. The summed E-state index contributed by atoms with van der Waals surface area (Å²) in [5.74, 6) is 0.338. The molecule has 3 nitrogen and oxygen atoms in total. The standard InChI is InChI=1S/C19H18FN3S3/c1-12(17-21-18(26-23-17)22-19(24-2)25-3)14-9-10-15(16(20)11-14)13-7-5-4-6-8-13/h4-12H,1-3H3. The van der Waals surface area contributed by atoms with Crippen LogP contribution in [0.15, 0.2) is 53.5 Å². The van der Waals surface area contributed by atoms with Crippen molar-refractivity contribution in [3.8, 4) is 11.1 Å². The van der Waals surface area contributed by atoms with E-state index in [2.05, 4.69) is 14.3 Å². The zero-order valence-corrected chi connectivity index (χ0v) is 17.1. The van der Waals surface area contributed by atoms with Crippen LogP contribution in [0.2, 0.25) is 0 Å². The number of aromatic nitrogens is 2. The molecule has 2 aromatic carbocycles. The number of thioether (sulfide) groups is 2. The Balaban J connectivity index is 1.85. The van der Waals surface area contributed by atoms with Gasteiger partial charge >= 0.3 is 0 Å². The molecule has 1 unspecified atom stereocenters. The van der Waals surface area contributed by atoms with E-state index < -0.39 is 0 Å². The number of hydrogen-bond acceptors (Lipinski definition) is 6. The monoisotopic (exact) mass is 403 g/mol. The molecule has 0 bridgehead atoms. The van der Waals surface area contributed by atoms with Gasteiger partial charge in [0, 0.05) is 23.0 Å². The van der Waals surface area contributed by atoms with Crippen molar-refractivity contribution in [2.45, 2.75) is 12.8 Å². The second-order valence-electron chi connectivity index (χ2n) is 5.55. The smallest absolute Gasteiger partial charge is 0.206 e. The lowest BCUT2D eigenvalue weighted by Crippen LogP contribution is -1.99. The van der Waals surface area contributed by atoms with Crippen molar-refractivity contribution in [2.24, 2.45) is 4.99 Å². The van der Waals surface area contributed by atoms with E-state index in [9.17, 15) is 4.39 Å². The maximum Gasteiger partial charge on any atom is 0.230 e. The molecule has 1 heterocycles. The molecule has 134 valence electrons. The first-order valence-corrected chi connectivity index (χ1v) is 11.2. The Morgan fingerprint density at radius 2 is 1.85 bits per heavy atom. The first-order valence-electron chi connectivity index (χ1n) is 7.97.